The van der Waals surface area contributed by atoms with E-state index in [1.807, 2.05) is 6.07 Å². The van der Waals surface area contributed by atoms with Crippen LogP contribution in [-0.4, -0.2) is 24.0 Å². The second kappa shape index (κ2) is 4.99. The largest absolute Gasteiger partial charge is 0.449 e. The van der Waals surface area contributed by atoms with Gasteiger partial charge >= 0.3 is 5.97 Å². The van der Waals surface area contributed by atoms with E-state index in [4.69, 9.17) is 4.74 Å². The molecule has 0 aromatic heterocycles. The summed E-state index contributed by atoms with van der Waals surface area (Å²) in [4.78, 5) is 23.2. The minimum atomic E-state index is -0.747. The van der Waals surface area contributed by atoms with Crippen molar-refractivity contribution in [1.29, 1.82) is 0 Å². The van der Waals surface area contributed by atoms with Crippen molar-refractivity contribution in [3.63, 3.8) is 0 Å². The molecule has 1 aliphatic rings. The summed E-state index contributed by atoms with van der Waals surface area (Å²) in [6.45, 7) is 1.58. The minimum absolute atomic E-state index is 0.225. The SMILES string of the molecule is CC(OC(=O)c1ccccc1)C(=O)NC1CC1. The second-order valence-corrected chi connectivity index (χ2v) is 4.20. The molecule has 4 heteroatoms. The van der Waals surface area contributed by atoms with Crippen molar-refractivity contribution in [2.24, 2.45) is 0 Å². The summed E-state index contributed by atoms with van der Waals surface area (Å²) >= 11 is 0. The quantitative estimate of drug-likeness (QED) is 0.802. The zero-order valence-corrected chi connectivity index (χ0v) is 9.68. The molecular formula is C13H15NO3. The normalized spacial score (nSPS) is 16.1. The van der Waals surface area contributed by atoms with E-state index in [1.54, 1.807) is 31.2 Å². The van der Waals surface area contributed by atoms with Gasteiger partial charge in [0.15, 0.2) is 6.10 Å². The number of amides is 1. The Bertz CT molecular complexity index is 412. The lowest BCUT2D eigenvalue weighted by Gasteiger charge is -2.12. The molecule has 0 heterocycles. The summed E-state index contributed by atoms with van der Waals surface area (Å²) in [5, 5.41) is 2.79. The highest BCUT2D eigenvalue weighted by Gasteiger charge is 2.27. The zero-order valence-electron chi connectivity index (χ0n) is 9.68. The number of nitrogens with one attached hydrogen (secondary N) is 1. The molecule has 2 rings (SSSR count). The van der Waals surface area contributed by atoms with E-state index < -0.39 is 12.1 Å². The maximum absolute atomic E-state index is 11.7. The Morgan fingerprint density at radius 2 is 1.94 bits per heavy atom. The fourth-order valence-electron chi connectivity index (χ4n) is 1.40. The van der Waals surface area contributed by atoms with Crippen LogP contribution in [-0.2, 0) is 9.53 Å². The van der Waals surface area contributed by atoms with Crippen LogP contribution in [0.15, 0.2) is 30.3 Å². The van der Waals surface area contributed by atoms with Crippen LogP contribution in [0.5, 0.6) is 0 Å². The summed E-state index contributed by atoms with van der Waals surface area (Å²) < 4.78 is 5.08. The van der Waals surface area contributed by atoms with Crippen molar-refractivity contribution in [2.45, 2.75) is 31.9 Å². The number of hydrogen-bond donors (Lipinski definition) is 1. The van der Waals surface area contributed by atoms with E-state index in [0.717, 1.165) is 12.8 Å². The lowest BCUT2D eigenvalue weighted by atomic mass is 10.2. The third-order valence-corrected chi connectivity index (χ3v) is 2.59. The Morgan fingerprint density at radius 3 is 2.53 bits per heavy atom. The van der Waals surface area contributed by atoms with Crippen LogP contribution in [0, 0.1) is 0 Å². The molecule has 90 valence electrons. The van der Waals surface area contributed by atoms with Crippen LogP contribution in [0.1, 0.15) is 30.1 Å². The van der Waals surface area contributed by atoms with E-state index in [2.05, 4.69) is 5.32 Å². The lowest BCUT2D eigenvalue weighted by Crippen LogP contribution is -2.37. The molecule has 1 aliphatic carbocycles. The Kier molecular flexibility index (Phi) is 3.42. The predicted molar refractivity (Wildman–Crippen MR) is 62.5 cm³/mol. The number of hydrogen-bond acceptors (Lipinski definition) is 3. The molecule has 1 unspecified atom stereocenters. The Balaban J connectivity index is 1.87. The molecule has 4 nitrogen and oxygen atoms in total. The van der Waals surface area contributed by atoms with Gasteiger partial charge in [0, 0.05) is 6.04 Å². The van der Waals surface area contributed by atoms with Gasteiger partial charge < -0.3 is 10.1 Å². The molecule has 0 bridgehead atoms. The van der Waals surface area contributed by atoms with E-state index in [0.29, 0.717) is 5.56 Å². The number of carbonyl (C=O) groups excluding carboxylic acids is 2. The highest BCUT2D eigenvalue weighted by Crippen LogP contribution is 2.18. The van der Waals surface area contributed by atoms with Gasteiger partial charge in [0.05, 0.1) is 5.56 Å². The number of carbonyl (C=O) groups is 2. The van der Waals surface area contributed by atoms with Gasteiger partial charge in [-0.05, 0) is 31.9 Å². The second-order valence-electron chi connectivity index (χ2n) is 4.20. The number of esters is 1. The van der Waals surface area contributed by atoms with Crippen molar-refractivity contribution < 1.29 is 14.3 Å². The maximum Gasteiger partial charge on any atom is 0.338 e. The van der Waals surface area contributed by atoms with Crippen molar-refractivity contribution in [2.75, 3.05) is 0 Å². The van der Waals surface area contributed by atoms with Crippen LogP contribution in [0.3, 0.4) is 0 Å². The number of ether oxygens (including phenoxy) is 1. The van der Waals surface area contributed by atoms with Crippen LogP contribution in [0.4, 0.5) is 0 Å². The molecule has 1 aromatic rings. The molecule has 1 N–H and O–H groups in total. The molecular weight excluding hydrogens is 218 g/mol. The lowest BCUT2D eigenvalue weighted by molar-refractivity contribution is -0.129. The molecule has 17 heavy (non-hydrogen) atoms. The topological polar surface area (TPSA) is 55.4 Å². The van der Waals surface area contributed by atoms with Crippen molar-refractivity contribution in [3.05, 3.63) is 35.9 Å². The first-order valence-corrected chi connectivity index (χ1v) is 5.73. The molecule has 1 aromatic carbocycles. The minimum Gasteiger partial charge on any atom is -0.449 e. The highest BCUT2D eigenvalue weighted by atomic mass is 16.5. The summed E-state index contributed by atoms with van der Waals surface area (Å²) in [7, 11) is 0. The molecule has 0 spiro atoms. The van der Waals surface area contributed by atoms with Gasteiger partial charge in [0.2, 0.25) is 0 Å². The third kappa shape index (κ3) is 3.31. The van der Waals surface area contributed by atoms with Crippen molar-refractivity contribution in [1.82, 2.24) is 5.32 Å². The van der Waals surface area contributed by atoms with Gasteiger partial charge in [-0.3, -0.25) is 4.79 Å². The van der Waals surface area contributed by atoms with E-state index >= 15 is 0 Å². The van der Waals surface area contributed by atoms with E-state index in [1.165, 1.54) is 0 Å². The number of benzene rings is 1. The summed E-state index contributed by atoms with van der Waals surface area (Å²) in [5.41, 5.74) is 0.457. The first-order valence-electron chi connectivity index (χ1n) is 5.73. The molecule has 0 saturated heterocycles. The molecule has 0 aliphatic heterocycles. The first-order chi connectivity index (χ1) is 8.16. The van der Waals surface area contributed by atoms with E-state index in [-0.39, 0.29) is 11.9 Å². The summed E-state index contributed by atoms with van der Waals surface area (Å²) in [5.74, 6) is -0.694. The molecule has 1 fully saturated rings. The van der Waals surface area contributed by atoms with Crippen LogP contribution < -0.4 is 5.32 Å². The average molecular weight is 233 g/mol. The highest BCUT2D eigenvalue weighted by molar-refractivity contribution is 5.92. The van der Waals surface area contributed by atoms with Gasteiger partial charge in [-0.15, -0.1) is 0 Å². The monoisotopic (exact) mass is 233 g/mol. The predicted octanol–water partition coefficient (Wildman–Crippen LogP) is 1.51. The molecule has 1 saturated carbocycles. The van der Waals surface area contributed by atoms with Gasteiger partial charge in [0.1, 0.15) is 0 Å². The zero-order chi connectivity index (χ0) is 12.3. The first kappa shape index (κ1) is 11.6. The standard InChI is InChI=1S/C13H15NO3/c1-9(12(15)14-11-7-8-11)17-13(16)10-5-3-2-4-6-10/h2-6,9,11H,7-8H2,1H3,(H,14,15). The Labute approximate surface area is 100.0 Å². The smallest absolute Gasteiger partial charge is 0.338 e. The number of rotatable bonds is 4. The van der Waals surface area contributed by atoms with Gasteiger partial charge in [-0.25, -0.2) is 4.79 Å². The van der Waals surface area contributed by atoms with Gasteiger partial charge in [-0.1, -0.05) is 18.2 Å². The fourth-order valence-corrected chi connectivity index (χ4v) is 1.40. The summed E-state index contributed by atoms with van der Waals surface area (Å²) in [6, 6.07) is 8.93. The Morgan fingerprint density at radius 1 is 1.29 bits per heavy atom. The van der Waals surface area contributed by atoms with Crippen LogP contribution in [0.2, 0.25) is 0 Å². The Hall–Kier alpha value is -1.84. The molecule has 1 amide bonds. The van der Waals surface area contributed by atoms with Crippen molar-refractivity contribution in [3.8, 4) is 0 Å². The van der Waals surface area contributed by atoms with Gasteiger partial charge in [-0.2, -0.15) is 0 Å². The third-order valence-electron chi connectivity index (χ3n) is 2.59. The fraction of sp³-hybridized carbons (Fsp3) is 0.385. The van der Waals surface area contributed by atoms with Gasteiger partial charge in [0.25, 0.3) is 5.91 Å². The van der Waals surface area contributed by atoms with Crippen LogP contribution >= 0.6 is 0 Å². The average Bonchev–Trinajstić information content (AvgIpc) is 3.14. The molecule has 0 radical (unpaired) electrons. The van der Waals surface area contributed by atoms with Crippen molar-refractivity contribution >= 4 is 11.9 Å². The molecule has 1 atom stereocenters. The summed E-state index contributed by atoms with van der Waals surface area (Å²) in [6.07, 6.45) is 1.29. The van der Waals surface area contributed by atoms with Crippen LogP contribution in [0.25, 0.3) is 0 Å². The van der Waals surface area contributed by atoms with E-state index in [9.17, 15) is 9.59 Å². The maximum atomic E-state index is 11.7.